The van der Waals surface area contributed by atoms with Crippen molar-refractivity contribution in [2.45, 2.75) is 19.8 Å². The predicted molar refractivity (Wildman–Crippen MR) is 120 cm³/mol. The summed E-state index contributed by atoms with van der Waals surface area (Å²) < 4.78 is 20.3. The topological polar surface area (TPSA) is 88.1 Å². The Hall–Kier alpha value is -3.87. The maximum absolute atomic E-state index is 12.8. The third kappa shape index (κ3) is 6.07. The summed E-state index contributed by atoms with van der Waals surface area (Å²) in [7, 11) is 3.75. The average molecular weight is 438 g/mol. The number of benzene rings is 2. The smallest absolute Gasteiger partial charge is 0.422 e. The molecular formula is C25H26O7. The Morgan fingerprint density at radius 1 is 0.969 bits per heavy atom. The first-order valence-corrected chi connectivity index (χ1v) is 9.82. The Morgan fingerprint density at radius 2 is 1.66 bits per heavy atom. The van der Waals surface area contributed by atoms with E-state index in [9.17, 15) is 14.4 Å². The van der Waals surface area contributed by atoms with Gasteiger partial charge < -0.3 is 18.9 Å². The molecule has 7 nitrogen and oxygen atoms in total. The van der Waals surface area contributed by atoms with Crippen molar-refractivity contribution in [2.75, 3.05) is 21.3 Å². The number of rotatable bonds is 8. The molecule has 0 spiro atoms. The van der Waals surface area contributed by atoms with E-state index in [2.05, 4.69) is 11.3 Å². The van der Waals surface area contributed by atoms with Crippen LogP contribution >= 0.6 is 0 Å². The van der Waals surface area contributed by atoms with Gasteiger partial charge in [-0.25, -0.2) is 14.4 Å². The van der Waals surface area contributed by atoms with Crippen LogP contribution in [0.5, 0.6) is 11.5 Å². The van der Waals surface area contributed by atoms with E-state index in [4.69, 9.17) is 14.2 Å². The Balaban J connectivity index is 2.74. The minimum atomic E-state index is -1.26. The lowest BCUT2D eigenvalue weighted by molar-refractivity contribution is -0.160. The summed E-state index contributed by atoms with van der Waals surface area (Å²) in [5.41, 5.74) is 2.59. The van der Waals surface area contributed by atoms with E-state index >= 15 is 0 Å². The summed E-state index contributed by atoms with van der Waals surface area (Å²) in [5.74, 6) is -2.92. The molecule has 0 N–H and O–H groups in total. The maximum atomic E-state index is 12.8. The van der Waals surface area contributed by atoms with Crippen molar-refractivity contribution in [3.8, 4) is 11.5 Å². The maximum Gasteiger partial charge on any atom is 0.422 e. The fourth-order valence-corrected chi connectivity index (χ4v) is 2.98. The lowest BCUT2D eigenvalue weighted by Crippen LogP contribution is -2.24. The Morgan fingerprint density at radius 3 is 2.22 bits per heavy atom. The van der Waals surface area contributed by atoms with Crippen molar-refractivity contribution in [1.29, 1.82) is 0 Å². The third-order valence-electron chi connectivity index (χ3n) is 4.59. The van der Waals surface area contributed by atoms with Crippen LogP contribution in [-0.2, 0) is 25.5 Å². The summed E-state index contributed by atoms with van der Waals surface area (Å²) >= 11 is 0. The quantitative estimate of drug-likeness (QED) is 0.200. The van der Waals surface area contributed by atoms with Gasteiger partial charge in [0.05, 0.1) is 21.3 Å². The highest BCUT2D eigenvalue weighted by Gasteiger charge is 2.28. The summed E-state index contributed by atoms with van der Waals surface area (Å²) in [4.78, 5) is 36.7. The number of carbonyl (C=O) groups is 3. The van der Waals surface area contributed by atoms with Crippen molar-refractivity contribution in [3.63, 3.8) is 0 Å². The molecule has 32 heavy (non-hydrogen) atoms. The normalized spacial score (nSPS) is 10.5. The van der Waals surface area contributed by atoms with Crippen molar-refractivity contribution in [3.05, 3.63) is 70.8 Å². The minimum absolute atomic E-state index is 0.00514. The highest BCUT2D eigenvalue weighted by atomic mass is 16.6. The minimum Gasteiger partial charge on any atom is -0.496 e. The lowest BCUT2D eigenvalue weighted by atomic mass is 9.96. The fourth-order valence-electron chi connectivity index (χ4n) is 2.98. The predicted octanol–water partition coefficient (Wildman–Crippen LogP) is 4.24. The molecule has 0 unspecified atom stereocenters. The van der Waals surface area contributed by atoms with Crippen LogP contribution in [0.3, 0.4) is 0 Å². The molecule has 0 saturated carbocycles. The Kier molecular flexibility index (Phi) is 8.77. The van der Waals surface area contributed by atoms with Crippen LogP contribution in [-0.4, -0.2) is 39.2 Å². The zero-order valence-corrected chi connectivity index (χ0v) is 18.6. The lowest BCUT2D eigenvalue weighted by Gasteiger charge is -2.19. The summed E-state index contributed by atoms with van der Waals surface area (Å²) in [5, 5.41) is 0. The zero-order valence-electron chi connectivity index (χ0n) is 18.6. The largest absolute Gasteiger partial charge is 0.496 e. The molecule has 0 atom stereocenters. The summed E-state index contributed by atoms with van der Waals surface area (Å²) in [6.45, 7) is 5.74. The van der Waals surface area contributed by atoms with E-state index in [0.717, 1.165) is 18.2 Å². The number of esters is 3. The number of methoxy groups -OCH3 is 3. The first-order chi connectivity index (χ1) is 15.3. The molecule has 2 aromatic rings. The number of carbonyl (C=O) groups excluding carboxylic acids is 3. The molecule has 0 fully saturated rings. The molecule has 7 heteroatoms. The molecule has 0 aliphatic rings. The molecule has 0 radical (unpaired) electrons. The Bertz CT molecular complexity index is 1040. The van der Waals surface area contributed by atoms with E-state index in [0.29, 0.717) is 29.7 Å². The molecule has 2 rings (SSSR count). The monoisotopic (exact) mass is 438 g/mol. The summed E-state index contributed by atoms with van der Waals surface area (Å²) in [6.07, 6.45) is 4.37. The van der Waals surface area contributed by atoms with Gasteiger partial charge in [-0.05, 0) is 37.0 Å². The van der Waals surface area contributed by atoms with Crippen molar-refractivity contribution < 1.29 is 33.3 Å². The number of hydrogen-bond donors (Lipinski definition) is 0. The van der Waals surface area contributed by atoms with E-state index < -0.39 is 17.9 Å². The SMILES string of the molecule is C=C(C)CCc1c(OC)cc(C=Cc2ccccc2)c(C(=O)OC)c1OC(=O)C(=O)OC. The van der Waals surface area contributed by atoms with E-state index in [1.807, 2.05) is 37.3 Å². The van der Waals surface area contributed by atoms with Gasteiger partial charge in [0.15, 0.2) is 5.75 Å². The highest BCUT2D eigenvalue weighted by molar-refractivity contribution is 6.30. The van der Waals surface area contributed by atoms with Crippen molar-refractivity contribution in [1.82, 2.24) is 0 Å². The van der Waals surface area contributed by atoms with Gasteiger partial charge >= 0.3 is 17.9 Å². The van der Waals surface area contributed by atoms with Crippen molar-refractivity contribution >= 4 is 30.1 Å². The molecule has 0 amide bonds. The fraction of sp³-hybridized carbons (Fsp3) is 0.240. The molecule has 0 heterocycles. The Labute approximate surface area is 187 Å². The van der Waals surface area contributed by atoms with Crippen LogP contribution in [0.2, 0.25) is 0 Å². The van der Waals surface area contributed by atoms with Crippen LogP contribution in [0.25, 0.3) is 12.2 Å². The van der Waals surface area contributed by atoms with Gasteiger partial charge in [-0.1, -0.05) is 48.1 Å². The van der Waals surface area contributed by atoms with E-state index in [1.54, 1.807) is 18.2 Å². The van der Waals surface area contributed by atoms with Gasteiger partial charge in [-0.3, -0.25) is 0 Å². The third-order valence-corrected chi connectivity index (χ3v) is 4.59. The van der Waals surface area contributed by atoms with Crippen molar-refractivity contribution in [2.24, 2.45) is 0 Å². The van der Waals surface area contributed by atoms with Crippen LogP contribution in [0, 0.1) is 0 Å². The van der Waals surface area contributed by atoms with Crippen LogP contribution in [0.4, 0.5) is 0 Å². The van der Waals surface area contributed by atoms with Gasteiger partial charge in [0.1, 0.15) is 11.3 Å². The van der Waals surface area contributed by atoms with Gasteiger partial charge in [0.2, 0.25) is 0 Å². The molecule has 168 valence electrons. The number of ether oxygens (including phenoxy) is 4. The van der Waals surface area contributed by atoms with Crippen LogP contribution in [0.15, 0.2) is 48.6 Å². The molecule has 0 aromatic heterocycles. The first-order valence-electron chi connectivity index (χ1n) is 9.82. The summed E-state index contributed by atoms with van der Waals surface area (Å²) in [6, 6.07) is 11.1. The van der Waals surface area contributed by atoms with E-state index in [1.165, 1.54) is 14.2 Å². The highest BCUT2D eigenvalue weighted by Crippen LogP contribution is 2.38. The van der Waals surface area contributed by atoms with Gasteiger partial charge in [0, 0.05) is 5.56 Å². The molecule has 2 aromatic carbocycles. The molecule has 0 aliphatic heterocycles. The second-order valence-electron chi connectivity index (χ2n) is 6.92. The molecular weight excluding hydrogens is 412 g/mol. The average Bonchev–Trinajstić information content (AvgIpc) is 2.80. The van der Waals surface area contributed by atoms with Crippen LogP contribution < -0.4 is 9.47 Å². The van der Waals surface area contributed by atoms with Gasteiger partial charge in [0.25, 0.3) is 0 Å². The standard InChI is InChI=1S/C25H26O7/c1-16(2)11-14-19-20(29-3)15-18(13-12-17-9-7-6-8-10-17)21(23(26)30-4)22(19)32-25(28)24(27)31-5/h6-10,12-13,15H,1,11,14H2,2-5H3. The van der Waals surface area contributed by atoms with Gasteiger partial charge in [-0.2, -0.15) is 0 Å². The number of allylic oxidation sites excluding steroid dienone is 1. The zero-order chi connectivity index (χ0) is 23.7. The second kappa shape index (κ2) is 11.5. The second-order valence-corrected chi connectivity index (χ2v) is 6.92. The van der Waals surface area contributed by atoms with E-state index in [-0.39, 0.29) is 11.3 Å². The number of hydrogen-bond acceptors (Lipinski definition) is 7. The van der Waals surface area contributed by atoms with Gasteiger partial charge in [-0.15, -0.1) is 6.58 Å². The molecule has 0 bridgehead atoms. The molecule has 0 saturated heterocycles. The van der Waals surface area contributed by atoms with Crippen LogP contribution in [0.1, 0.15) is 40.4 Å². The molecule has 0 aliphatic carbocycles. The first kappa shape index (κ1) is 24.4.